The Morgan fingerprint density at radius 1 is 1.37 bits per heavy atom. The van der Waals surface area contributed by atoms with E-state index in [9.17, 15) is 4.79 Å². The number of carbonyl (C=O) groups is 1. The molecule has 0 aliphatic rings. The summed E-state index contributed by atoms with van der Waals surface area (Å²) in [6.07, 6.45) is 0. The molecule has 0 aromatic heterocycles. The minimum Gasteiger partial charge on any atom is -0.395 e. The normalized spacial score (nSPS) is 11.1. The fraction of sp³-hybridized carbons (Fsp3) is 0.533. The molecular weight excluding hydrogens is 240 g/mol. The Bertz CT molecular complexity index is 405. The van der Waals surface area contributed by atoms with Gasteiger partial charge in [0.25, 0.3) is 0 Å². The number of para-hydroxylation sites is 1. The van der Waals surface area contributed by atoms with Crippen LogP contribution < -0.4 is 5.32 Å². The van der Waals surface area contributed by atoms with Gasteiger partial charge in [-0.3, -0.25) is 9.69 Å². The highest BCUT2D eigenvalue weighted by Gasteiger charge is 2.11. The van der Waals surface area contributed by atoms with Crippen molar-refractivity contribution in [2.45, 2.75) is 26.7 Å². The number of carbonyl (C=O) groups excluding carboxylic acids is 1. The van der Waals surface area contributed by atoms with Crippen molar-refractivity contribution in [2.75, 3.05) is 31.6 Å². The molecule has 0 radical (unpaired) electrons. The number of aliphatic hydroxyl groups excluding tert-OH is 1. The lowest BCUT2D eigenvalue weighted by molar-refractivity contribution is -0.117. The molecule has 0 aliphatic carbocycles. The molecule has 0 saturated carbocycles. The highest BCUT2D eigenvalue weighted by molar-refractivity contribution is 5.93. The first kappa shape index (κ1) is 15.7. The fourth-order valence-electron chi connectivity index (χ4n) is 2.00. The smallest absolute Gasteiger partial charge is 0.238 e. The van der Waals surface area contributed by atoms with E-state index in [2.05, 4.69) is 19.2 Å². The van der Waals surface area contributed by atoms with E-state index in [1.807, 2.05) is 36.1 Å². The van der Waals surface area contributed by atoms with Crippen LogP contribution in [0.4, 0.5) is 5.69 Å². The van der Waals surface area contributed by atoms with E-state index < -0.39 is 0 Å². The summed E-state index contributed by atoms with van der Waals surface area (Å²) in [4.78, 5) is 13.9. The highest BCUT2D eigenvalue weighted by atomic mass is 16.3. The molecule has 0 heterocycles. The first-order valence-electron chi connectivity index (χ1n) is 6.80. The van der Waals surface area contributed by atoms with E-state index in [-0.39, 0.29) is 12.5 Å². The second kappa shape index (κ2) is 7.92. The number of aliphatic hydroxyl groups is 1. The molecule has 106 valence electrons. The van der Waals surface area contributed by atoms with Gasteiger partial charge < -0.3 is 10.4 Å². The number of nitrogens with one attached hydrogen (secondary N) is 1. The Kier molecular flexibility index (Phi) is 6.53. The van der Waals surface area contributed by atoms with Crippen LogP contribution in [-0.2, 0) is 4.79 Å². The van der Waals surface area contributed by atoms with Gasteiger partial charge in [0.2, 0.25) is 5.91 Å². The third-order valence-corrected chi connectivity index (χ3v) is 3.09. The zero-order valence-electron chi connectivity index (χ0n) is 12.0. The number of nitrogens with zero attached hydrogens (tertiary/aromatic N) is 1. The Morgan fingerprint density at radius 2 is 2.05 bits per heavy atom. The molecule has 0 unspecified atom stereocenters. The van der Waals surface area contributed by atoms with E-state index >= 15 is 0 Å². The summed E-state index contributed by atoms with van der Waals surface area (Å²) in [6, 6.07) is 7.86. The zero-order chi connectivity index (χ0) is 14.3. The Balaban J connectivity index is 2.66. The van der Waals surface area contributed by atoms with Crippen molar-refractivity contribution >= 4 is 11.6 Å². The van der Waals surface area contributed by atoms with E-state index in [4.69, 9.17) is 5.11 Å². The van der Waals surface area contributed by atoms with Crippen LogP contribution in [0.1, 0.15) is 32.3 Å². The molecule has 1 rings (SSSR count). The summed E-state index contributed by atoms with van der Waals surface area (Å²) in [5.41, 5.74) is 2.02. The SMILES string of the molecule is CCN(CCO)CC(=O)Nc1ccccc1C(C)C. The van der Waals surface area contributed by atoms with Gasteiger partial charge in [0.1, 0.15) is 0 Å². The van der Waals surface area contributed by atoms with Gasteiger partial charge in [-0.05, 0) is 24.1 Å². The van der Waals surface area contributed by atoms with E-state index in [0.29, 0.717) is 19.0 Å². The molecule has 19 heavy (non-hydrogen) atoms. The van der Waals surface area contributed by atoms with Crippen LogP contribution in [0.15, 0.2) is 24.3 Å². The van der Waals surface area contributed by atoms with Gasteiger partial charge in [-0.25, -0.2) is 0 Å². The maximum absolute atomic E-state index is 12.0. The summed E-state index contributed by atoms with van der Waals surface area (Å²) in [6.45, 7) is 7.85. The predicted molar refractivity (Wildman–Crippen MR) is 78.4 cm³/mol. The quantitative estimate of drug-likeness (QED) is 0.792. The lowest BCUT2D eigenvalue weighted by atomic mass is 10.0. The molecule has 0 atom stereocenters. The number of anilines is 1. The first-order valence-corrected chi connectivity index (χ1v) is 6.80. The summed E-state index contributed by atoms with van der Waals surface area (Å²) in [5.74, 6) is 0.333. The lowest BCUT2D eigenvalue weighted by Crippen LogP contribution is -2.35. The number of hydrogen-bond donors (Lipinski definition) is 2. The summed E-state index contributed by atoms with van der Waals surface area (Å²) < 4.78 is 0. The maximum Gasteiger partial charge on any atom is 0.238 e. The molecular formula is C15H24N2O2. The number of hydrogen-bond acceptors (Lipinski definition) is 3. The van der Waals surface area contributed by atoms with Crippen molar-refractivity contribution in [2.24, 2.45) is 0 Å². The molecule has 0 aliphatic heterocycles. The van der Waals surface area contributed by atoms with Gasteiger partial charge in [-0.15, -0.1) is 0 Å². The maximum atomic E-state index is 12.0. The predicted octanol–water partition coefficient (Wildman–Crippen LogP) is 2.06. The molecule has 4 nitrogen and oxygen atoms in total. The van der Waals surface area contributed by atoms with Crippen molar-refractivity contribution in [3.05, 3.63) is 29.8 Å². The molecule has 0 saturated heterocycles. The van der Waals surface area contributed by atoms with Gasteiger partial charge in [0.15, 0.2) is 0 Å². The van der Waals surface area contributed by atoms with Crippen LogP contribution in [0.25, 0.3) is 0 Å². The van der Waals surface area contributed by atoms with E-state index in [1.165, 1.54) is 0 Å². The van der Waals surface area contributed by atoms with E-state index in [0.717, 1.165) is 17.8 Å². The number of likely N-dealkylation sites (N-methyl/N-ethyl adjacent to an activating group) is 1. The molecule has 2 N–H and O–H groups in total. The third-order valence-electron chi connectivity index (χ3n) is 3.09. The summed E-state index contributed by atoms with van der Waals surface area (Å²) >= 11 is 0. The Labute approximate surface area is 115 Å². The average molecular weight is 264 g/mol. The largest absolute Gasteiger partial charge is 0.395 e. The van der Waals surface area contributed by atoms with Crippen LogP contribution in [0.5, 0.6) is 0 Å². The molecule has 1 amide bonds. The molecule has 1 aromatic rings. The fourth-order valence-corrected chi connectivity index (χ4v) is 2.00. The zero-order valence-corrected chi connectivity index (χ0v) is 12.0. The monoisotopic (exact) mass is 264 g/mol. The second-order valence-corrected chi connectivity index (χ2v) is 4.88. The van der Waals surface area contributed by atoms with Crippen molar-refractivity contribution in [1.29, 1.82) is 0 Å². The first-order chi connectivity index (χ1) is 9.08. The highest BCUT2D eigenvalue weighted by Crippen LogP contribution is 2.23. The standard InChI is InChI=1S/C15H24N2O2/c1-4-17(9-10-18)11-15(19)16-14-8-6-5-7-13(14)12(2)3/h5-8,12,18H,4,9-11H2,1-3H3,(H,16,19). The van der Waals surface area contributed by atoms with Crippen molar-refractivity contribution in [1.82, 2.24) is 4.90 Å². The summed E-state index contributed by atoms with van der Waals surface area (Å²) in [7, 11) is 0. The van der Waals surface area contributed by atoms with Crippen LogP contribution in [-0.4, -0.2) is 42.2 Å². The topological polar surface area (TPSA) is 52.6 Å². The third kappa shape index (κ3) is 5.01. The van der Waals surface area contributed by atoms with Gasteiger partial charge in [0.05, 0.1) is 13.2 Å². The van der Waals surface area contributed by atoms with Crippen LogP contribution in [0.2, 0.25) is 0 Å². The van der Waals surface area contributed by atoms with Crippen molar-refractivity contribution < 1.29 is 9.90 Å². The van der Waals surface area contributed by atoms with Gasteiger partial charge in [-0.2, -0.15) is 0 Å². The Hall–Kier alpha value is -1.39. The molecule has 0 spiro atoms. The number of benzene rings is 1. The van der Waals surface area contributed by atoms with Crippen LogP contribution in [0, 0.1) is 0 Å². The molecule has 4 heteroatoms. The van der Waals surface area contributed by atoms with Gasteiger partial charge >= 0.3 is 0 Å². The second-order valence-electron chi connectivity index (χ2n) is 4.88. The number of rotatable bonds is 7. The summed E-state index contributed by atoms with van der Waals surface area (Å²) in [5, 5.41) is 11.9. The van der Waals surface area contributed by atoms with Crippen LogP contribution in [0.3, 0.4) is 0 Å². The van der Waals surface area contributed by atoms with Crippen molar-refractivity contribution in [3.8, 4) is 0 Å². The van der Waals surface area contributed by atoms with Gasteiger partial charge in [0, 0.05) is 12.2 Å². The van der Waals surface area contributed by atoms with Gasteiger partial charge in [-0.1, -0.05) is 39.0 Å². The average Bonchev–Trinajstić information content (AvgIpc) is 2.38. The molecule has 0 fully saturated rings. The minimum absolute atomic E-state index is 0.0385. The molecule has 1 aromatic carbocycles. The number of amides is 1. The molecule has 0 bridgehead atoms. The Morgan fingerprint density at radius 3 is 2.63 bits per heavy atom. The van der Waals surface area contributed by atoms with Crippen molar-refractivity contribution in [3.63, 3.8) is 0 Å². The minimum atomic E-state index is -0.0385. The van der Waals surface area contributed by atoms with Crippen LogP contribution >= 0.6 is 0 Å². The lowest BCUT2D eigenvalue weighted by Gasteiger charge is -2.19. The van der Waals surface area contributed by atoms with E-state index in [1.54, 1.807) is 0 Å².